The third-order valence-corrected chi connectivity index (χ3v) is 3.32. The van der Waals surface area contributed by atoms with Crippen molar-refractivity contribution in [3.05, 3.63) is 12.3 Å². The van der Waals surface area contributed by atoms with Crippen molar-refractivity contribution in [2.45, 2.75) is 13.8 Å². The number of hydrogen-bond donors (Lipinski definition) is 0. The van der Waals surface area contributed by atoms with E-state index in [1.54, 1.807) is 12.3 Å². The van der Waals surface area contributed by atoms with Gasteiger partial charge in [0.2, 0.25) is 11.8 Å². The maximum atomic E-state index is 5.42. The van der Waals surface area contributed by atoms with Crippen LogP contribution in [-0.4, -0.2) is 67.4 Å². The van der Waals surface area contributed by atoms with E-state index in [0.717, 1.165) is 51.9 Å². The van der Waals surface area contributed by atoms with Gasteiger partial charge in [-0.05, 0) is 13.8 Å². The molecule has 6 heteroatoms. The highest BCUT2D eigenvalue weighted by Crippen LogP contribution is 2.14. The number of rotatable bonds is 7. The van der Waals surface area contributed by atoms with Crippen molar-refractivity contribution in [2.24, 2.45) is 0 Å². The largest absolute Gasteiger partial charge is 0.478 e. The molecule has 1 aromatic rings. The second-order valence-electron chi connectivity index (χ2n) is 4.65. The van der Waals surface area contributed by atoms with Crippen LogP contribution in [0.4, 0.5) is 5.95 Å². The van der Waals surface area contributed by atoms with Crippen molar-refractivity contribution in [3.63, 3.8) is 0 Å². The number of piperazine rings is 1. The van der Waals surface area contributed by atoms with Gasteiger partial charge in [0.15, 0.2) is 0 Å². The first-order valence-corrected chi connectivity index (χ1v) is 7.34. The van der Waals surface area contributed by atoms with Crippen LogP contribution in [0.2, 0.25) is 0 Å². The summed E-state index contributed by atoms with van der Waals surface area (Å²) in [6, 6.07) is 1.80. The Kier molecular flexibility index (Phi) is 6.01. The van der Waals surface area contributed by atoms with Crippen LogP contribution in [0.1, 0.15) is 13.8 Å². The van der Waals surface area contributed by atoms with E-state index in [1.807, 2.05) is 13.8 Å². The fourth-order valence-electron chi connectivity index (χ4n) is 2.22. The Bertz CT molecular complexity index is 395. The van der Waals surface area contributed by atoms with Gasteiger partial charge in [-0.25, -0.2) is 4.98 Å². The second kappa shape index (κ2) is 8.01. The highest BCUT2D eigenvalue weighted by atomic mass is 16.5. The van der Waals surface area contributed by atoms with Crippen molar-refractivity contribution in [3.8, 4) is 5.88 Å². The SMILES string of the molecule is CCOCCN1CCN(c2nccc(OCC)n2)CC1. The van der Waals surface area contributed by atoms with E-state index in [9.17, 15) is 0 Å². The van der Waals surface area contributed by atoms with E-state index in [2.05, 4.69) is 19.8 Å². The Morgan fingerprint density at radius 2 is 1.95 bits per heavy atom. The van der Waals surface area contributed by atoms with Crippen molar-refractivity contribution in [1.29, 1.82) is 0 Å². The van der Waals surface area contributed by atoms with Crippen LogP contribution in [-0.2, 0) is 4.74 Å². The van der Waals surface area contributed by atoms with Crippen LogP contribution in [0.5, 0.6) is 5.88 Å². The lowest BCUT2D eigenvalue weighted by Crippen LogP contribution is -2.47. The molecule has 0 aliphatic carbocycles. The standard InChI is InChI=1S/C14H24N4O2/c1-3-19-12-11-17-7-9-18(10-8-17)14-15-6-5-13(16-14)20-4-2/h5-6H,3-4,7-12H2,1-2H3. The zero-order chi connectivity index (χ0) is 14.2. The summed E-state index contributed by atoms with van der Waals surface area (Å²) in [6.07, 6.45) is 1.76. The molecule has 0 aromatic carbocycles. The summed E-state index contributed by atoms with van der Waals surface area (Å²) in [5, 5.41) is 0. The first-order valence-electron chi connectivity index (χ1n) is 7.34. The van der Waals surface area contributed by atoms with Gasteiger partial charge >= 0.3 is 0 Å². The lowest BCUT2D eigenvalue weighted by atomic mass is 10.3. The molecule has 2 rings (SSSR count). The summed E-state index contributed by atoms with van der Waals surface area (Å²) in [5.41, 5.74) is 0. The molecule has 20 heavy (non-hydrogen) atoms. The van der Waals surface area contributed by atoms with Gasteiger partial charge in [-0.3, -0.25) is 4.90 Å². The molecule has 0 saturated carbocycles. The lowest BCUT2D eigenvalue weighted by Gasteiger charge is -2.34. The average molecular weight is 280 g/mol. The van der Waals surface area contributed by atoms with E-state index in [0.29, 0.717) is 12.5 Å². The second-order valence-corrected chi connectivity index (χ2v) is 4.65. The molecule has 0 atom stereocenters. The average Bonchev–Trinajstić information content (AvgIpc) is 2.49. The number of nitrogens with zero attached hydrogens (tertiary/aromatic N) is 4. The summed E-state index contributed by atoms with van der Waals surface area (Å²) in [7, 11) is 0. The molecular weight excluding hydrogens is 256 g/mol. The van der Waals surface area contributed by atoms with Crippen LogP contribution in [0.3, 0.4) is 0 Å². The van der Waals surface area contributed by atoms with E-state index >= 15 is 0 Å². The van der Waals surface area contributed by atoms with Crippen LogP contribution < -0.4 is 9.64 Å². The summed E-state index contributed by atoms with van der Waals surface area (Å²) in [6.45, 7) is 11.2. The molecule has 1 fully saturated rings. The van der Waals surface area contributed by atoms with Gasteiger partial charge in [-0.15, -0.1) is 0 Å². The van der Waals surface area contributed by atoms with Gasteiger partial charge in [0.05, 0.1) is 13.2 Å². The zero-order valence-corrected chi connectivity index (χ0v) is 12.4. The Balaban J connectivity index is 1.82. The summed E-state index contributed by atoms with van der Waals surface area (Å²) in [5.74, 6) is 1.41. The predicted octanol–water partition coefficient (Wildman–Crippen LogP) is 1.03. The molecule has 0 spiro atoms. The Morgan fingerprint density at radius 1 is 1.15 bits per heavy atom. The highest BCUT2D eigenvalue weighted by molar-refractivity contribution is 5.32. The molecule has 1 saturated heterocycles. The molecule has 0 unspecified atom stereocenters. The zero-order valence-electron chi connectivity index (χ0n) is 12.4. The minimum Gasteiger partial charge on any atom is -0.478 e. The van der Waals surface area contributed by atoms with Crippen LogP contribution >= 0.6 is 0 Å². The molecular formula is C14H24N4O2. The predicted molar refractivity (Wildman–Crippen MR) is 78.3 cm³/mol. The number of aromatic nitrogens is 2. The van der Waals surface area contributed by atoms with Crippen molar-refractivity contribution >= 4 is 5.95 Å². The maximum absolute atomic E-state index is 5.42. The smallest absolute Gasteiger partial charge is 0.228 e. The topological polar surface area (TPSA) is 50.7 Å². The van der Waals surface area contributed by atoms with Crippen LogP contribution in [0, 0.1) is 0 Å². The molecule has 6 nitrogen and oxygen atoms in total. The van der Waals surface area contributed by atoms with Gasteiger partial charge in [-0.1, -0.05) is 0 Å². The third-order valence-electron chi connectivity index (χ3n) is 3.32. The van der Waals surface area contributed by atoms with Crippen LogP contribution in [0.15, 0.2) is 12.3 Å². The lowest BCUT2D eigenvalue weighted by molar-refractivity contribution is 0.111. The summed E-state index contributed by atoms with van der Waals surface area (Å²) in [4.78, 5) is 13.4. The van der Waals surface area contributed by atoms with Gasteiger partial charge in [0.1, 0.15) is 0 Å². The van der Waals surface area contributed by atoms with Crippen molar-refractivity contribution in [2.75, 3.05) is 57.4 Å². The fourth-order valence-corrected chi connectivity index (χ4v) is 2.22. The monoisotopic (exact) mass is 280 g/mol. The van der Waals surface area contributed by atoms with E-state index in [4.69, 9.17) is 9.47 Å². The van der Waals surface area contributed by atoms with E-state index in [1.165, 1.54) is 0 Å². The molecule has 0 amide bonds. The van der Waals surface area contributed by atoms with Gasteiger partial charge in [-0.2, -0.15) is 4.98 Å². The van der Waals surface area contributed by atoms with Crippen molar-refractivity contribution in [1.82, 2.24) is 14.9 Å². The molecule has 2 heterocycles. The Hall–Kier alpha value is -1.40. The number of ether oxygens (including phenoxy) is 2. The molecule has 0 N–H and O–H groups in total. The first-order chi connectivity index (χ1) is 9.83. The van der Waals surface area contributed by atoms with Gasteiger partial charge in [0, 0.05) is 51.6 Å². The highest BCUT2D eigenvalue weighted by Gasteiger charge is 2.18. The maximum Gasteiger partial charge on any atom is 0.228 e. The van der Waals surface area contributed by atoms with Crippen LogP contribution in [0.25, 0.3) is 0 Å². The number of hydrogen-bond acceptors (Lipinski definition) is 6. The minimum absolute atomic E-state index is 0.627. The normalized spacial score (nSPS) is 16.4. The van der Waals surface area contributed by atoms with E-state index < -0.39 is 0 Å². The molecule has 0 radical (unpaired) electrons. The molecule has 0 bridgehead atoms. The van der Waals surface area contributed by atoms with E-state index in [-0.39, 0.29) is 0 Å². The van der Waals surface area contributed by atoms with Crippen molar-refractivity contribution < 1.29 is 9.47 Å². The Morgan fingerprint density at radius 3 is 2.65 bits per heavy atom. The molecule has 1 aromatic heterocycles. The third kappa shape index (κ3) is 4.31. The fraction of sp³-hybridized carbons (Fsp3) is 0.714. The molecule has 1 aliphatic rings. The molecule has 112 valence electrons. The summed E-state index contributed by atoms with van der Waals surface area (Å²) < 4.78 is 10.8. The molecule has 1 aliphatic heterocycles. The Labute approximate surface area is 120 Å². The van der Waals surface area contributed by atoms with Gasteiger partial charge < -0.3 is 14.4 Å². The quantitative estimate of drug-likeness (QED) is 0.695. The number of anilines is 1. The van der Waals surface area contributed by atoms with Gasteiger partial charge in [0.25, 0.3) is 0 Å². The summed E-state index contributed by atoms with van der Waals surface area (Å²) >= 11 is 0. The minimum atomic E-state index is 0.627. The first kappa shape index (κ1) is 15.0.